The van der Waals surface area contributed by atoms with Crippen molar-refractivity contribution in [2.75, 3.05) is 37.5 Å². The number of halogens is 1. The highest BCUT2D eigenvalue weighted by Crippen LogP contribution is 2.29. The van der Waals surface area contributed by atoms with Crippen LogP contribution in [0.1, 0.15) is 37.4 Å². The van der Waals surface area contributed by atoms with Crippen LogP contribution in [0.5, 0.6) is 0 Å². The van der Waals surface area contributed by atoms with Crippen molar-refractivity contribution in [3.8, 4) is 0 Å². The van der Waals surface area contributed by atoms with Gasteiger partial charge in [0.05, 0.1) is 18.4 Å². The molecule has 2 aliphatic rings. The van der Waals surface area contributed by atoms with Gasteiger partial charge in [-0.3, -0.25) is 0 Å². The number of hydrogen-bond donors (Lipinski definition) is 1. The molecule has 1 N–H and O–H groups in total. The molecule has 1 aromatic rings. The van der Waals surface area contributed by atoms with Gasteiger partial charge in [0, 0.05) is 24.5 Å². The summed E-state index contributed by atoms with van der Waals surface area (Å²) in [6.07, 6.45) is 5.79. The van der Waals surface area contributed by atoms with E-state index in [0.717, 1.165) is 62.9 Å². The number of rotatable bonds is 7. The summed E-state index contributed by atoms with van der Waals surface area (Å²) in [6, 6.07) is 0. The number of thioether (sulfide) groups is 1. The Balaban J connectivity index is 0.00000225. The van der Waals surface area contributed by atoms with Gasteiger partial charge in [-0.15, -0.1) is 22.6 Å². The predicted molar refractivity (Wildman–Crippen MR) is 102 cm³/mol. The molecule has 2 saturated heterocycles. The Morgan fingerprint density at radius 2 is 2.04 bits per heavy atom. The first-order valence-corrected chi connectivity index (χ1v) is 11.6. The van der Waals surface area contributed by atoms with Crippen LogP contribution in [-0.4, -0.2) is 66.7 Å². The van der Waals surface area contributed by atoms with Crippen LogP contribution in [0.25, 0.3) is 0 Å². The third-order valence-corrected chi connectivity index (χ3v) is 6.72. The lowest BCUT2D eigenvalue weighted by molar-refractivity contribution is 0.0936. The summed E-state index contributed by atoms with van der Waals surface area (Å²) in [5, 5.41) is 13.0. The zero-order chi connectivity index (χ0) is 17.0. The molecule has 0 saturated carbocycles. The molecule has 1 aromatic heterocycles. The highest BCUT2D eigenvalue weighted by molar-refractivity contribution is 8.00. The Morgan fingerprint density at radius 1 is 1.28 bits per heavy atom. The summed E-state index contributed by atoms with van der Waals surface area (Å²) >= 11 is 1.48. The molecule has 10 heteroatoms. The summed E-state index contributed by atoms with van der Waals surface area (Å²) in [5.74, 6) is 2.13. The van der Waals surface area contributed by atoms with Crippen LogP contribution in [0, 0.1) is 0 Å². The number of nitrogens with zero attached hydrogens (tertiary/aromatic N) is 3. The first kappa shape index (κ1) is 21.0. The molecule has 0 aromatic carbocycles. The monoisotopic (exact) mass is 410 g/mol. The largest absolute Gasteiger partial charge is 0.376 e. The molecule has 3 heterocycles. The summed E-state index contributed by atoms with van der Waals surface area (Å²) in [4.78, 5) is 0. The van der Waals surface area contributed by atoms with E-state index in [-0.39, 0.29) is 24.3 Å². The number of nitrogens with one attached hydrogen (secondary N) is 1. The van der Waals surface area contributed by atoms with Crippen LogP contribution < -0.4 is 5.32 Å². The second-order valence-corrected chi connectivity index (χ2v) is 9.91. The van der Waals surface area contributed by atoms with Crippen molar-refractivity contribution >= 4 is 34.0 Å². The Kier molecular flexibility index (Phi) is 8.00. The minimum atomic E-state index is -2.95. The van der Waals surface area contributed by atoms with Gasteiger partial charge in [-0.05, 0) is 38.8 Å². The van der Waals surface area contributed by atoms with E-state index in [4.69, 9.17) is 4.74 Å². The van der Waals surface area contributed by atoms with Crippen molar-refractivity contribution in [2.45, 2.75) is 49.4 Å². The van der Waals surface area contributed by atoms with Crippen molar-refractivity contribution in [1.29, 1.82) is 0 Å². The third-order valence-electron chi connectivity index (χ3n) is 4.55. The number of ether oxygens (including phenoxy) is 1. The Morgan fingerprint density at radius 3 is 2.68 bits per heavy atom. The molecule has 0 spiro atoms. The Bertz CT molecular complexity index is 641. The van der Waals surface area contributed by atoms with Gasteiger partial charge in [-0.2, -0.15) is 0 Å². The molecule has 1 atom stereocenters. The first-order valence-electron chi connectivity index (χ1n) is 8.59. The fourth-order valence-electron chi connectivity index (χ4n) is 3.24. The molecule has 2 aliphatic heterocycles. The first-order chi connectivity index (χ1) is 11.5. The highest BCUT2D eigenvalue weighted by Gasteiger charge is 2.26. The number of aromatic nitrogens is 3. The molecular weight excluding hydrogens is 384 g/mol. The predicted octanol–water partition coefficient (Wildman–Crippen LogP) is 1.48. The van der Waals surface area contributed by atoms with Gasteiger partial charge in [-0.1, -0.05) is 11.8 Å². The van der Waals surface area contributed by atoms with Crippen molar-refractivity contribution in [2.24, 2.45) is 0 Å². The van der Waals surface area contributed by atoms with Crippen molar-refractivity contribution in [1.82, 2.24) is 20.1 Å². The smallest absolute Gasteiger partial charge is 0.191 e. The lowest BCUT2D eigenvalue weighted by Crippen LogP contribution is -2.29. The zero-order valence-electron chi connectivity index (χ0n) is 14.5. The second kappa shape index (κ2) is 9.55. The summed E-state index contributed by atoms with van der Waals surface area (Å²) in [6.45, 7) is 3.61. The Labute approximate surface area is 160 Å². The molecule has 3 rings (SSSR count). The second-order valence-electron chi connectivity index (χ2n) is 6.59. The summed E-state index contributed by atoms with van der Waals surface area (Å²) in [7, 11) is -2.95. The topological polar surface area (TPSA) is 86.1 Å². The maximum absolute atomic E-state index is 11.4. The summed E-state index contributed by atoms with van der Waals surface area (Å²) < 4.78 is 30.7. The molecular formula is C15H27ClN4O3S2. The zero-order valence-corrected chi connectivity index (χ0v) is 17.0. The fourth-order valence-corrected chi connectivity index (χ4v) is 5.39. The van der Waals surface area contributed by atoms with Gasteiger partial charge in [0.15, 0.2) is 5.16 Å². The molecule has 0 bridgehead atoms. The van der Waals surface area contributed by atoms with Gasteiger partial charge < -0.3 is 14.6 Å². The van der Waals surface area contributed by atoms with Crippen LogP contribution in [0.3, 0.4) is 0 Å². The van der Waals surface area contributed by atoms with Crippen LogP contribution in [0.15, 0.2) is 5.16 Å². The van der Waals surface area contributed by atoms with E-state index in [9.17, 15) is 8.42 Å². The molecule has 0 aliphatic carbocycles. The minimum Gasteiger partial charge on any atom is -0.376 e. The third kappa shape index (κ3) is 6.09. The molecule has 1 unspecified atom stereocenters. The van der Waals surface area contributed by atoms with Gasteiger partial charge in [-0.25, -0.2) is 8.42 Å². The van der Waals surface area contributed by atoms with Crippen LogP contribution in [0.2, 0.25) is 0 Å². The van der Waals surface area contributed by atoms with Crippen molar-refractivity contribution < 1.29 is 13.2 Å². The van der Waals surface area contributed by atoms with Crippen LogP contribution >= 0.6 is 24.2 Å². The van der Waals surface area contributed by atoms with E-state index >= 15 is 0 Å². The Hall–Kier alpha value is -0.350. The van der Waals surface area contributed by atoms with Gasteiger partial charge in [0.1, 0.15) is 15.7 Å². The fraction of sp³-hybridized carbons (Fsp3) is 0.867. The van der Waals surface area contributed by atoms with Gasteiger partial charge >= 0.3 is 0 Å². The maximum atomic E-state index is 11.4. The van der Waals surface area contributed by atoms with Crippen LogP contribution in [0.4, 0.5) is 0 Å². The lowest BCUT2D eigenvalue weighted by Gasteiger charge is -2.23. The van der Waals surface area contributed by atoms with E-state index in [2.05, 4.69) is 20.1 Å². The molecule has 144 valence electrons. The summed E-state index contributed by atoms with van der Waals surface area (Å²) in [5.41, 5.74) is 0. The normalized spacial score (nSPS) is 22.0. The number of sulfone groups is 1. The standard InChI is InChI=1S/C15H26N4O3S2.ClH/c1-24(20,21)10-9-23-15-18-17-14(12-4-6-16-7-5-12)19(15)11-13-3-2-8-22-13;/h12-13,16H,2-11H2,1H3;1H. The molecule has 7 nitrogen and oxygen atoms in total. The minimum absolute atomic E-state index is 0. The van der Waals surface area contributed by atoms with Crippen LogP contribution in [-0.2, 0) is 21.1 Å². The molecule has 0 radical (unpaired) electrons. The quantitative estimate of drug-likeness (QED) is 0.681. The lowest BCUT2D eigenvalue weighted by atomic mass is 9.97. The van der Waals surface area contributed by atoms with E-state index < -0.39 is 9.84 Å². The highest BCUT2D eigenvalue weighted by atomic mass is 35.5. The van der Waals surface area contributed by atoms with Gasteiger partial charge in [0.2, 0.25) is 0 Å². The number of hydrogen-bond acceptors (Lipinski definition) is 7. The van der Waals surface area contributed by atoms with E-state index in [1.165, 1.54) is 18.0 Å². The van der Waals surface area contributed by atoms with Crippen molar-refractivity contribution in [3.05, 3.63) is 5.82 Å². The van der Waals surface area contributed by atoms with E-state index in [0.29, 0.717) is 11.7 Å². The van der Waals surface area contributed by atoms with Crippen molar-refractivity contribution in [3.63, 3.8) is 0 Å². The van der Waals surface area contributed by atoms with E-state index in [1.807, 2.05) is 0 Å². The van der Waals surface area contributed by atoms with E-state index in [1.54, 1.807) is 0 Å². The molecule has 0 amide bonds. The van der Waals surface area contributed by atoms with Gasteiger partial charge in [0.25, 0.3) is 0 Å². The average molecular weight is 411 g/mol. The maximum Gasteiger partial charge on any atom is 0.191 e. The average Bonchev–Trinajstić information content (AvgIpc) is 3.18. The number of piperidine rings is 1. The molecule has 2 fully saturated rings. The SMILES string of the molecule is CS(=O)(=O)CCSc1nnc(C2CCNCC2)n1CC1CCCO1.Cl. The molecule has 25 heavy (non-hydrogen) atoms.